The molecule has 0 aliphatic carbocycles. The van der Waals surface area contributed by atoms with Gasteiger partial charge in [-0.15, -0.1) is 0 Å². The van der Waals surface area contributed by atoms with Crippen molar-refractivity contribution in [2.24, 2.45) is 11.8 Å². The van der Waals surface area contributed by atoms with Gasteiger partial charge in [0.2, 0.25) is 0 Å². The topological polar surface area (TPSA) is 34.1 Å². The minimum Gasteiger partial charge on any atom is -0.372 e. The second-order valence-electron chi connectivity index (χ2n) is 5.29. The minimum absolute atomic E-state index is 0.151. The van der Waals surface area contributed by atoms with Crippen LogP contribution in [0.15, 0.2) is 22.8 Å². The SMILES string of the molecule is CC(C)CNCC1CCOC1c1ccc(Br)cn1. The third kappa shape index (κ3) is 3.77. The van der Waals surface area contributed by atoms with Crippen LogP contribution in [-0.2, 0) is 4.74 Å². The van der Waals surface area contributed by atoms with Gasteiger partial charge in [-0.2, -0.15) is 0 Å². The first-order valence-corrected chi connectivity index (χ1v) is 7.40. The standard InChI is InChI=1S/C14H21BrN2O/c1-10(2)7-16-8-11-5-6-18-14(11)13-4-3-12(15)9-17-13/h3-4,9-11,14,16H,5-8H2,1-2H3. The van der Waals surface area contributed by atoms with Crippen molar-refractivity contribution in [1.82, 2.24) is 10.3 Å². The summed E-state index contributed by atoms with van der Waals surface area (Å²) in [7, 11) is 0. The molecule has 0 saturated carbocycles. The molecule has 0 radical (unpaired) electrons. The number of ether oxygens (including phenoxy) is 1. The van der Waals surface area contributed by atoms with Gasteiger partial charge in [0.25, 0.3) is 0 Å². The van der Waals surface area contributed by atoms with Gasteiger partial charge < -0.3 is 10.1 Å². The van der Waals surface area contributed by atoms with E-state index in [9.17, 15) is 0 Å². The zero-order valence-corrected chi connectivity index (χ0v) is 12.6. The average Bonchev–Trinajstić information content (AvgIpc) is 2.78. The zero-order valence-electron chi connectivity index (χ0n) is 11.0. The first-order valence-electron chi connectivity index (χ1n) is 6.60. The van der Waals surface area contributed by atoms with Crippen LogP contribution in [0.5, 0.6) is 0 Å². The van der Waals surface area contributed by atoms with Gasteiger partial charge in [-0.05, 0) is 46.9 Å². The van der Waals surface area contributed by atoms with Crippen molar-refractivity contribution in [2.75, 3.05) is 19.7 Å². The number of halogens is 1. The van der Waals surface area contributed by atoms with Crippen LogP contribution in [0.25, 0.3) is 0 Å². The summed E-state index contributed by atoms with van der Waals surface area (Å²) in [6.07, 6.45) is 3.11. The summed E-state index contributed by atoms with van der Waals surface area (Å²) < 4.78 is 6.84. The van der Waals surface area contributed by atoms with Crippen LogP contribution in [0.3, 0.4) is 0 Å². The molecular formula is C14H21BrN2O. The van der Waals surface area contributed by atoms with E-state index in [1.807, 2.05) is 12.3 Å². The van der Waals surface area contributed by atoms with Crippen LogP contribution in [0.1, 0.15) is 32.1 Å². The normalized spacial score (nSPS) is 23.8. The first kappa shape index (κ1) is 14.0. The molecule has 1 saturated heterocycles. The van der Waals surface area contributed by atoms with Gasteiger partial charge in [0.15, 0.2) is 0 Å². The highest BCUT2D eigenvalue weighted by Gasteiger charge is 2.30. The molecule has 4 heteroatoms. The molecule has 1 aromatic heterocycles. The van der Waals surface area contributed by atoms with Crippen LogP contribution >= 0.6 is 15.9 Å². The van der Waals surface area contributed by atoms with Gasteiger partial charge in [0.05, 0.1) is 5.69 Å². The molecule has 2 atom stereocenters. The molecule has 0 aromatic carbocycles. The number of nitrogens with one attached hydrogen (secondary N) is 1. The molecular weight excluding hydrogens is 292 g/mol. The van der Waals surface area contributed by atoms with Crippen molar-refractivity contribution in [3.05, 3.63) is 28.5 Å². The molecule has 1 N–H and O–H groups in total. The zero-order chi connectivity index (χ0) is 13.0. The Bertz CT molecular complexity index is 367. The van der Waals surface area contributed by atoms with Crippen LogP contribution in [0.4, 0.5) is 0 Å². The Labute approximate surface area is 117 Å². The molecule has 0 spiro atoms. The smallest absolute Gasteiger partial charge is 0.103 e. The van der Waals surface area contributed by atoms with Gasteiger partial charge in [-0.1, -0.05) is 13.8 Å². The van der Waals surface area contributed by atoms with E-state index in [2.05, 4.69) is 46.1 Å². The predicted octanol–water partition coefficient (Wildman–Crippen LogP) is 3.17. The van der Waals surface area contributed by atoms with E-state index >= 15 is 0 Å². The first-order chi connectivity index (χ1) is 8.66. The highest BCUT2D eigenvalue weighted by atomic mass is 79.9. The molecule has 1 aromatic rings. The molecule has 18 heavy (non-hydrogen) atoms. The highest BCUT2D eigenvalue weighted by Crippen LogP contribution is 2.33. The Hall–Kier alpha value is -0.450. The third-order valence-electron chi connectivity index (χ3n) is 3.22. The van der Waals surface area contributed by atoms with Crippen LogP contribution in [0, 0.1) is 11.8 Å². The Kier molecular flexibility index (Phi) is 5.15. The fourth-order valence-corrected chi connectivity index (χ4v) is 2.52. The maximum atomic E-state index is 5.83. The van der Waals surface area contributed by atoms with Gasteiger partial charge >= 0.3 is 0 Å². The van der Waals surface area contributed by atoms with Crippen molar-refractivity contribution >= 4 is 15.9 Å². The predicted molar refractivity (Wildman–Crippen MR) is 76.4 cm³/mol. The van der Waals surface area contributed by atoms with E-state index in [1.165, 1.54) is 0 Å². The lowest BCUT2D eigenvalue weighted by atomic mass is 9.98. The molecule has 2 rings (SSSR count). The highest BCUT2D eigenvalue weighted by molar-refractivity contribution is 9.10. The van der Waals surface area contributed by atoms with Crippen LogP contribution in [0.2, 0.25) is 0 Å². The lowest BCUT2D eigenvalue weighted by Crippen LogP contribution is -2.28. The lowest BCUT2D eigenvalue weighted by Gasteiger charge is -2.19. The molecule has 1 aliphatic rings. The number of hydrogen-bond acceptors (Lipinski definition) is 3. The summed E-state index contributed by atoms with van der Waals surface area (Å²) in [6.45, 7) is 7.38. The van der Waals surface area contributed by atoms with Crippen molar-refractivity contribution in [3.8, 4) is 0 Å². The number of aromatic nitrogens is 1. The molecule has 2 unspecified atom stereocenters. The maximum Gasteiger partial charge on any atom is 0.103 e. The quantitative estimate of drug-likeness (QED) is 0.906. The molecule has 1 fully saturated rings. The molecule has 2 heterocycles. The lowest BCUT2D eigenvalue weighted by molar-refractivity contribution is 0.0869. The Morgan fingerprint density at radius 1 is 1.50 bits per heavy atom. The average molecular weight is 313 g/mol. The second-order valence-corrected chi connectivity index (χ2v) is 6.21. The third-order valence-corrected chi connectivity index (χ3v) is 3.68. The van der Waals surface area contributed by atoms with Crippen molar-refractivity contribution < 1.29 is 4.74 Å². The molecule has 0 bridgehead atoms. The summed E-state index contributed by atoms with van der Waals surface area (Å²) >= 11 is 3.41. The molecule has 1 aliphatic heterocycles. The molecule has 3 nitrogen and oxygen atoms in total. The van der Waals surface area contributed by atoms with E-state index in [-0.39, 0.29) is 6.10 Å². The van der Waals surface area contributed by atoms with Crippen molar-refractivity contribution in [2.45, 2.75) is 26.4 Å². The Morgan fingerprint density at radius 2 is 2.33 bits per heavy atom. The summed E-state index contributed by atoms with van der Waals surface area (Å²) in [5, 5.41) is 3.52. The summed E-state index contributed by atoms with van der Waals surface area (Å²) in [5.74, 6) is 1.23. The van der Waals surface area contributed by atoms with E-state index < -0.39 is 0 Å². The van der Waals surface area contributed by atoms with Crippen LogP contribution < -0.4 is 5.32 Å². The Morgan fingerprint density at radius 3 is 3.00 bits per heavy atom. The summed E-state index contributed by atoms with van der Waals surface area (Å²) in [4.78, 5) is 4.45. The fraction of sp³-hybridized carbons (Fsp3) is 0.643. The van der Waals surface area contributed by atoms with Crippen molar-refractivity contribution in [3.63, 3.8) is 0 Å². The van der Waals surface area contributed by atoms with E-state index in [4.69, 9.17) is 4.74 Å². The maximum absolute atomic E-state index is 5.83. The van der Waals surface area contributed by atoms with Gasteiger partial charge in [0.1, 0.15) is 6.10 Å². The largest absolute Gasteiger partial charge is 0.372 e. The minimum atomic E-state index is 0.151. The Balaban J connectivity index is 1.92. The number of pyridine rings is 1. The van der Waals surface area contributed by atoms with Gasteiger partial charge in [-0.3, -0.25) is 4.98 Å². The van der Waals surface area contributed by atoms with Crippen LogP contribution in [-0.4, -0.2) is 24.7 Å². The fourth-order valence-electron chi connectivity index (χ4n) is 2.28. The summed E-state index contributed by atoms with van der Waals surface area (Å²) in [5.41, 5.74) is 1.05. The summed E-state index contributed by atoms with van der Waals surface area (Å²) in [6, 6.07) is 4.08. The number of nitrogens with zero attached hydrogens (tertiary/aromatic N) is 1. The van der Waals surface area contributed by atoms with Gasteiger partial charge in [-0.25, -0.2) is 0 Å². The molecule has 0 amide bonds. The van der Waals surface area contributed by atoms with Crippen molar-refractivity contribution in [1.29, 1.82) is 0 Å². The monoisotopic (exact) mass is 312 g/mol. The number of rotatable bonds is 5. The van der Waals surface area contributed by atoms with E-state index in [0.29, 0.717) is 11.8 Å². The second kappa shape index (κ2) is 6.64. The van der Waals surface area contributed by atoms with E-state index in [0.717, 1.165) is 36.3 Å². The number of hydrogen-bond donors (Lipinski definition) is 1. The molecule has 100 valence electrons. The van der Waals surface area contributed by atoms with E-state index in [1.54, 1.807) is 0 Å². The van der Waals surface area contributed by atoms with Gasteiger partial charge in [0, 0.05) is 29.7 Å².